The molecule has 0 bridgehead atoms. The van der Waals surface area contributed by atoms with Crippen LogP contribution in [0.25, 0.3) is 22.0 Å². The van der Waals surface area contributed by atoms with Gasteiger partial charge in [-0.3, -0.25) is 4.79 Å². The van der Waals surface area contributed by atoms with E-state index in [1.54, 1.807) is 25.3 Å². The highest BCUT2D eigenvalue weighted by Crippen LogP contribution is 2.25. The molecule has 1 amide bonds. The fourth-order valence-corrected chi connectivity index (χ4v) is 2.93. The van der Waals surface area contributed by atoms with Gasteiger partial charge in [0.25, 0.3) is 5.91 Å². The number of methoxy groups -OCH3 is 1. The van der Waals surface area contributed by atoms with Gasteiger partial charge in [0.15, 0.2) is 5.76 Å². The maximum atomic E-state index is 12.4. The lowest BCUT2D eigenvalue weighted by Crippen LogP contribution is -2.22. The van der Waals surface area contributed by atoms with Crippen LogP contribution in [0.2, 0.25) is 5.02 Å². The molecule has 0 atom stereocenters. The number of furan rings is 1. The van der Waals surface area contributed by atoms with Gasteiger partial charge >= 0.3 is 0 Å². The molecule has 6 heteroatoms. The predicted octanol–water partition coefficient (Wildman–Crippen LogP) is 4.57. The zero-order valence-electron chi connectivity index (χ0n) is 14.0. The summed E-state index contributed by atoms with van der Waals surface area (Å²) in [5, 5.41) is 5.15. The molecule has 1 N–H and O–H groups in total. The van der Waals surface area contributed by atoms with Crippen LogP contribution in [-0.4, -0.2) is 18.0 Å². The fraction of sp³-hybridized carbons (Fsp3) is 0.100. The van der Waals surface area contributed by atoms with E-state index in [2.05, 4.69) is 10.3 Å². The van der Waals surface area contributed by atoms with E-state index < -0.39 is 0 Å². The number of aromatic nitrogens is 1. The molecule has 0 spiro atoms. The summed E-state index contributed by atoms with van der Waals surface area (Å²) in [7, 11) is 1.61. The van der Waals surface area contributed by atoms with Gasteiger partial charge in [-0.15, -0.1) is 0 Å². The monoisotopic (exact) mass is 366 g/mol. The van der Waals surface area contributed by atoms with E-state index in [1.165, 1.54) is 0 Å². The average molecular weight is 367 g/mol. The molecule has 0 fully saturated rings. The zero-order chi connectivity index (χ0) is 18.1. The molecule has 26 heavy (non-hydrogen) atoms. The van der Waals surface area contributed by atoms with Crippen LogP contribution < -0.4 is 10.1 Å². The van der Waals surface area contributed by atoms with Crippen LogP contribution in [0.15, 0.2) is 59.0 Å². The minimum absolute atomic E-state index is 0.219. The van der Waals surface area contributed by atoms with Gasteiger partial charge in [-0.05, 0) is 42.0 Å². The summed E-state index contributed by atoms with van der Waals surface area (Å²) in [5.74, 6) is 0.666. The van der Waals surface area contributed by atoms with Crippen LogP contribution in [0.3, 0.4) is 0 Å². The van der Waals surface area contributed by atoms with Crippen molar-refractivity contribution in [3.05, 3.63) is 70.9 Å². The van der Waals surface area contributed by atoms with Crippen molar-refractivity contribution in [1.29, 1.82) is 0 Å². The molecule has 0 saturated heterocycles. The number of ether oxygens (including phenoxy) is 1. The molecule has 2 aromatic heterocycles. The van der Waals surface area contributed by atoms with Crippen molar-refractivity contribution in [2.45, 2.75) is 6.54 Å². The van der Waals surface area contributed by atoms with Crippen molar-refractivity contribution >= 4 is 39.5 Å². The van der Waals surface area contributed by atoms with E-state index in [4.69, 9.17) is 20.8 Å². The highest BCUT2D eigenvalue weighted by atomic mass is 35.5. The van der Waals surface area contributed by atoms with Crippen LogP contribution >= 0.6 is 11.6 Å². The maximum absolute atomic E-state index is 12.4. The summed E-state index contributed by atoms with van der Waals surface area (Å²) in [6.07, 6.45) is 0. The molecule has 2 aromatic carbocycles. The molecule has 0 radical (unpaired) electrons. The molecular formula is C20H15ClN2O3. The number of nitrogens with zero attached hydrogens (tertiary/aromatic N) is 1. The first kappa shape index (κ1) is 16.4. The number of hydrogen-bond acceptors (Lipinski definition) is 4. The van der Waals surface area contributed by atoms with Gasteiger partial charge in [0.1, 0.15) is 5.75 Å². The van der Waals surface area contributed by atoms with Crippen molar-refractivity contribution in [2.24, 2.45) is 0 Å². The third kappa shape index (κ3) is 3.21. The number of fused-ring (bicyclic) bond motifs is 2. The van der Waals surface area contributed by atoms with Crippen LogP contribution in [0, 0.1) is 0 Å². The Bertz CT molecular complexity index is 1120. The highest BCUT2D eigenvalue weighted by molar-refractivity contribution is 6.31. The number of nitrogens with one attached hydrogen (secondary N) is 1. The summed E-state index contributed by atoms with van der Waals surface area (Å²) in [5.41, 5.74) is 2.07. The number of benzene rings is 2. The van der Waals surface area contributed by atoms with Crippen molar-refractivity contribution in [3.8, 4) is 5.75 Å². The van der Waals surface area contributed by atoms with E-state index in [0.29, 0.717) is 17.3 Å². The summed E-state index contributed by atoms with van der Waals surface area (Å²) in [4.78, 5) is 16.8. The Morgan fingerprint density at radius 3 is 2.88 bits per heavy atom. The molecule has 130 valence electrons. The number of pyridine rings is 1. The topological polar surface area (TPSA) is 64.4 Å². The minimum Gasteiger partial charge on any atom is -0.497 e. The van der Waals surface area contributed by atoms with Gasteiger partial charge in [-0.25, -0.2) is 4.98 Å². The Morgan fingerprint density at radius 2 is 2.04 bits per heavy atom. The minimum atomic E-state index is -0.298. The number of rotatable bonds is 4. The molecule has 5 nitrogen and oxygen atoms in total. The number of amides is 1. The van der Waals surface area contributed by atoms with Crippen LogP contribution in [0.5, 0.6) is 5.75 Å². The van der Waals surface area contributed by atoms with Gasteiger partial charge in [0.2, 0.25) is 5.71 Å². The molecule has 0 unspecified atom stereocenters. The summed E-state index contributed by atoms with van der Waals surface area (Å²) in [6, 6.07) is 16.6. The Balaban J connectivity index is 1.57. The molecule has 2 heterocycles. The lowest BCUT2D eigenvalue weighted by Gasteiger charge is -2.05. The average Bonchev–Trinajstić information content (AvgIpc) is 3.07. The number of carbonyl (C=O) groups is 1. The largest absolute Gasteiger partial charge is 0.497 e. The highest BCUT2D eigenvalue weighted by Gasteiger charge is 2.14. The van der Waals surface area contributed by atoms with Crippen molar-refractivity contribution in [2.75, 3.05) is 7.11 Å². The number of halogens is 1. The first-order valence-corrected chi connectivity index (χ1v) is 8.41. The van der Waals surface area contributed by atoms with Crippen LogP contribution in [0.4, 0.5) is 0 Å². The number of carbonyl (C=O) groups excluding carboxylic acids is 1. The van der Waals surface area contributed by atoms with Gasteiger partial charge in [0, 0.05) is 22.3 Å². The Kier molecular flexibility index (Phi) is 4.22. The smallest absolute Gasteiger partial charge is 0.287 e. The third-order valence-electron chi connectivity index (χ3n) is 4.08. The van der Waals surface area contributed by atoms with E-state index >= 15 is 0 Å². The van der Waals surface area contributed by atoms with E-state index in [0.717, 1.165) is 27.6 Å². The quantitative estimate of drug-likeness (QED) is 0.574. The maximum Gasteiger partial charge on any atom is 0.287 e. The summed E-state index contributed by atoms with van der Waals surface area (Å²) >= 11 is 6.00. The van der Waals surface area contributed by atoms with E-state index in [1.807, 2.05) is 36.4 Å². The van der Waals surface area contributed by atoms with Gasteiger partial charge in [-0.2, -0.15) is 0 Å². The van der Waals surface area contributed by atoms with Crippen LogP contribution in [-0.2, 0) is 6.54 Å². The lowest BCUT2D eigenvalue weighted by molar-refractivity contribution is 0.0925. The van der Waals surface area contributed by atoms with Gasteiger partial charge in [0.05, 0.1) is 12.6 Å². The standard InChI is InChI=1S/C20H15ClN2O3/c1-25-16-4-2-3-12(7-16)11-22-19(24)18-9-14-8-13-5-6-15(21)10-17(13)23-20(14)26-18/h2-10H,11H2,1H3,(H,22,24). The lowest BCUT2D eigenvalue weighted by atomic mass is 10.2. The molecule has 0 aliphatic rings. The van der Waals surface area contributed by atoms with Crippen LogP contribution in [0.1, 0.15) is 16.1 Å². The molecule has 0 saturated carbocycles. The van der Waals surface area contributed by atoms with Crippen molar-refractivity contribution in [3.63, 3.8) is 0 Å². The first-order valence-electron chi connectivity index (χ1n) is 8.03. The SMILES string of the molecule is COc1cccc(CNC(=O)c2cc3cc4ccc(Cl)cc4nc3o2)c1. The first-order chi connectivity index (χ1) is 12.6. The molecule has 0 aliphatic carbocycles. The van der Waals surface area contributed by atoms with Gasteiger partial charge < -0.3 is 14.5 Å². The Morgan fingerprint density at radius 1 is 1.15 bits per heavy atom. The van der Waals surface area contributed by atoms with E-state index in [-0.39, 0.29) is 11.7 Å². The number of hydrogen-bond donors (Lipinski definition) is 1. The second kappa shape index (κ2) is 6.69. The third-order valence-corrected chi connectivity index (χ3v) is 4.31. The van der Waals surface area contributed by atoms with Crippen molar-refractivity contribution in [1.82, 2.24) is 10.3 Å². The van der Waals surface area contributed by atoms with E-state index in [9.17, 15) is 4.79 Å². The molecule has 4 aromatic rings. The molecule has 4 rings (SSSR count). The zero-order valence-corrected chi connectivity index (χ0v) is 14.7. The van der Waals surface area contributed by atoms with Crippen molar-refractivity contribution < 1.29 is 13.9 Å². The fourth-order valence-electron chi connectivity index (χ4n) is 2.76. The predicted molar refractivity (Wildman–Crippen MR) is 101 cm³/mol. The normalized spacial score (nSPS) is 11.0. The summed E-state index contributed by atoms with van der Waals surface area (Å²) in [6.45, 7) is 0.373. The molecular weight excluding hydrogens is 352 g/mol. The second-order valence-electron chi connectivity index (χ2n) is 5.86. The second-order valence-corrected chi connectivity index (χ2v) is 6.30. The Labute approximate surface area is 154 Å². The Hall–Kier alpha value is -3.05. The molecule has 0 aliphatic heterocycles. The van der Waals surface area contributed by atoms with Gasteiger partial charge in [-0.1, -0.05) is 29.8 Å². The summed E-state index contributed by atoms with van der Waals surface area (Å²) < 4.78 is 10.8.